The van der Waals surface area contributed by atoms with Crippen molar-refractivity contribution in [1.29, 1.82) is 0 Å². The molecule has 0 atom stereocenters. The predicted octanol–water partition coefficient (Wildman–Crippen LogP) is 2.27. The third kappa shape index (κ3) is 1.81. The molecule has 0 aliphatic carbocycles. The second-order valence-electron chi connectivity index (χ2n) is 4.27. The maximum atomic E-state index is 5.64. The Labute approximate surface area is 109 Å². The normalized spacial score (nSPS) is 11.2. The van der Waals surface area contributed by atoms with Crippen LogP contribution in [0.15, 0.2) is 29.6 Å². The number of nitrogens with two attached hydrogens (primary N) is 1. The summed E-state index contributed by atoms with van der Waals surface area (Å²) in [4.78, 5) is 0.925. The molecule has 2 heterocycles. The zero-order valence-corrected chi connectivity index (χ0v) is 10.9. The zero-order chi connectivity index (χ0) is 12.5. The minimum absolute atomic E-state index is 0.636. The van der Waals surface area contributed by atoms with Crippen molar-refractivity contribution in [2.75, 3.05) is 6.54 Å². The molecule has 0 unspecified atom stereocenters. The Balaban J connectivity index is 2.16. The first-order valence-corrected chi connectivity index (χ1v) is 6.76. The Hall–Kier alpha value is -1.72. The monoisotopic (exact) mass is 258 g/mol. The van der Waals surface area contributed by atoms with Gasteiger partial charge in [0.05, 0.1) is 0 Å². The standard InChI is InChI=1S/C13H14N4S/c1-9-2-4-10(5-3-9)12-15-16-13-17(12)11(6-7-14)8-18-13/h2-5,8H,6-7,14H2,1H3. The fourth-order valence-electron chi connectivity index (χ4n) is 1.99. The first-order chi connectivity index (χ1) is 8.79. The predicted molar refractivity (Wildman–Crippen MR) is 73.8 cm³/mol. The molecular formula is C13H14N4S. The molecule has 4 nitrogen and oxygen atoms in total. The van der Waals surface area contributed by atoms with Crippen molar-refractivity contribution in [3.63, 3.8) is 0 Å². The van der Waals surface area contributed by atoms with E-state index in [4.69, 9.17) is 5.73 Å². The largest absolute Gasteiger partial charge is 0.330 e. The quantitative estimate of drug-likeness (QED) is 0.784. The molecule has 0 aliphatic rings. The lowest BCUT2D eigenvalue weighted by Crippen LogP contribution is -2.05. The van der Waals surface area contributed by atoms with Crippen molar-refractivity contribution >= 4 is 16.3 Å². The molecule has 5 heteroatoms. The van der Waals surface area contributed by atoms with E-state index in [-0.39, 0.29) is 0 Å². The van der Waals surface area contributed by atoms with Gasteiger partial charge in [0.15, 0.2) is 5.82 Å². The fraction of sp³-hybridized carbons (Fsp3) is 0.231. The van der Waals surface area contributed by atoms with E-state index in [9.17, 15) is 0 Å². The van der Waals surface area contributed by atoms with Crippen LogP contribution >= 0.6 is 11.3 Å². The zero-order valence-electron chi connectivity index (χ0n) is 10.1. The summed E-state index contributed by atoms with van der Waals surface area (Å²) in [5.41, 5.74) is 9.15. The van der Waals surface area contributed by atoms with Gasteiger partial charge in [-0.1, -0.05) is 29.8 Å². The summed E-state index contributed by atoms with van der Waals surface area (Å²) in [6.07, 6.45) is 0.844. The summed E-state index contributed by atoms with van der Waals surface area (Å²) in [5.74, 6) is 0.898. The van der Waals surface area contributed by atoms with E-state index in [1.807, 2.05) is 0 Å². The first-order valence-electron chi connectivity index (χ1n) is 5.88. The van der Waals surface area contributed by atoms with E-state index >= 15 is 0 Å². The molecule has 0 bridgehead atoms. The number of thiazole rings is 1. The molecule has 1 aromatic carbocycles. The van der Waals surface area contributed by atoms with Gasteiger partial charge in [-0.15, -0.1) is 21.5 Å². The highest BCUT2D eigenvalue weighted by molar-refractivity contribution is 7.15. The van der Waals surface area contributed by atoms with Crippen LogP contribution < -0.4 is 5.73 Å². The number of hydrogen-bond donors (Lipinski definition) is 1. The average Bonchev–Trinajstić information content (AvgIpc) is 2.94. The topological polar surface area (TPSA) is 56.2 Å². The minimum atomic E-state index is 0.636. The third-order valence-electron chi connectivity index (χ3n) is 2.93. The lowest BCUT2D eigenvalue weighted by Gasteiger charge is -2.02. The van der Waals surface area contributed by atoms with Gasteiger partial charge in [0.1, 0.15) is 0 Å². The van der Waals surface area contributed by atoms with Crippen LogP contribution in [0.2, 0.25) is 0 Å². The highest BCUT2D eigenvalue weighted by atomic mass is 32.1. The smallest absolute Gasteiger partial charge is 0.216 e. The lowest BCUT2D eigenvalue weighted by atomic mass is 10.1. The van der Waals surface area contributed by atoms with Gasteiger partial charge in [0, 0.05) is 23.1 Å². The number of fused-ring (bicyclic) bond motifs is 1. The number of nitrogens with zero attached hydrogens (tertiary/aromatic N) is 3. The molecule has 0 radical (unpaired) electrons. The molecule has 0 saturated heterocycles. The van der Waals surface area contributed by atoms with Crippen LogP contribution in [0.1, 0.15) is 11.3 Å². The summed E-state index contributed by atoms with van der Waals surface area (Å²) in [6.45, 7) is 2.71. The molecule has 0 amide bonds. The highest BCUT2D eigenvalue weighted by Crippen LogP contribution is 2.24. The van der Waals surface area contributed by atoms with Crippen LogP contribution in [-0.4, -0.2) is 21.1 Å². The Bertz CT molecular complexity index is 666. The first kappa shape index (κ1) is 11.4. The second kappa shape index (κ2) is 4.51. The molecule has 3 aromatic rings. The molecule has 2 N–H and O–H groups in total. The summed E-state index contributed by atoms with van der Waals surface area (Å²) in [6, 6.07) is 8.34. The summed E-state index contributed by atoms with van der Waals surface area (Å²) in [7, 11) is 0. The van der Waals surface area contributed by atoms with E-state index in [1.165, 1.54) is 11.3 Å². The second-order valence-corrected chi connectivity index (χ2v) is 5.11. The van der Waals surface area contributed by atoms with Gasteiger partial charge in [-0.05, 0) is 13.5 Å². The van der Waals surface area contributed by atoms with Crippen LogP contribution in [0.5, 0.6) is 0 Å². The maximum absolute atomic E-state index is 5.64. The molecule has 3 rings (SSSR count). The van der Waals surface area contributed by atoms with Gasteiger partial charge < -0.3 is 5.73 Å². The number of aryl methyl sites for hydroxylation is 1. The number of benzene rings is 1. The minimum Gasteiger partial charge on any atom is -0.330 e. The molecule has 18 heavy (non-hydrogen) atoms. The summed E-state index contributed by atoms with van der Waals surface area (Å²) in [5, 5.41) is 10.6. The van der Waals surface area contributed by atoms with Crippen molar-refractivity contribution in [1.82, 2.24) is 14.6 Å². The van der Waals surface area contributed by atoms with Gasteiger partial charge in [-0.25, -0.2) is 0 Å². The molecule has 0 saturated carbocycles. The van der Waals surface area contributed by atoms with E-state index in [1.54, 1.807) is 11.3 Å². The van der Waals surface area contributed by atoms with E-state index < -0.39 is 0 Å². The number of rotatable bonds is 3. The molecule has 0 aliphatic heterocycles. The summed E-state index contributed by atoms with van der Waals surface area (Å²) < 4.78 is 2.10. The number of aromatic nitrogens is 3. The Morgan fingerprint density at radius 3 is 2.72 bits per heavy atom. The van der Waals surface area contributed by atoms with E-state index in [0.717, 1.165) is 22.8 Å². The van der Waals surface area contributed by atoms with Crippen molar-refractivity contribution in [3.8, 4) is 11.4 Å². The fourth-order valence-corrected chi connectivity index (χ4v) is 2.85. The molecular weight excluding hydrogens is 244 g/mol. The van der Waals surface area contributed by atoms with E-state index in [0.29, 0.717) is 6.54 Å². The Morgan fingerprint density at radius 2 is 2.00 bits per heavy atom. The van der Waals surface area contributed by atoms with Crippen molar-refractivity contribution in [3.05, 3.63) is 40.9 Å². The SMILES string of the molecule is Cc1ccc(-c2nnc3scc(CCN)n23)cc1. The van der Waals surface area contributed by atoms with Crippen LogP contribution in [0.3, 0.4) is 0 Å². The number of hydrogen-bond acceptors (Lipinski definition) is 4. The van der Waals surface area contributed by atoms with Gasteiger partial charge in [0.25, 0.3) is 0 Å². The average molecular weight is 258 g/mol. The van der Waals surface area contributed by atoms with Crippen LogP contribution in [0, 0.1) is 6.92 Å². The van der Waals surface area contributed by atoms with Crippen LogP contribution in [0.25, 0.3) is 16.3 Å². The highest BCUT2D eigenvalue weighted by Gasteiger charge is 2.12. The van der Waals surface area contributed by atoms with Crippen molar-refractivity contribution in [2.24, 2.45) is 5.73 Å². The van der Waals surface area contributed by atoms with Gasteiger partial charge in [0.2, 0.25) is 4.96 Å². The van der Waals surface area contributed by atoms with Crippen molar-refractivity contribution < 1.29 is 0 Å². The maximum Gasteiger partial charge on any atom is 0.216 e. The third-order valence-corrected chi connectivity index (χ3v) is 3.80. The molecule has 92 valence electrons. The van der Waals surface area contributed by atoms with Gasteiger partial charge in [-0.2, -0.15) is 0 Å². The molecule has 0 fully saturated rings. The van der Waals surface area contributed by atoms with Crippen LogP contribution in [0.4, 0.5) is 0 Å². The summed E-state index contributed by atoms with van der Waals surface area (Å²) >= 11 is 1.61. The Morgan fingerprint density at radius 1 is 1.22 bits per heavy atom. The van der Waals surface area contributed by atoms with Gasteiger partial charge in [-0.3, -0.25) is 4.40 Å². The Kier molecular flexibility index (Phi) is 2.85. The molecule has 0 spiro atoms. The lowest BCUT2D eigenvalue weighted by molar-refractivity contribution is 0.908. The van der Waals surface area contributed by atoms with E-state index in [2.05, 4.69) is 51.2 Å². The van der Waals surface area contributed by atoms with Crippen molar-refractivity contribution in [2.45, 2.75) is 13.3 Å². The van der Waals surface area contributed by atoms with Gasteiger partial charge >= 0.3 is 0 Å². The molecule has 2 aromatic heterocycles. The van der Waals surface area contributed by atoms with Crippen LogP contribution in [-0.2, 0) is 6.42 Å².